The molecule has 0 aromatic rings. The third-order valence-electron chi connectivity index (χ3n) is 0. The van der Waals surface area contributed by atoms with Gasteiger partial charge in [0.25, 0.3) is 0 Å². The summed E-state index contributed by atoms with van der Waals surface area (Å²) in [6, 6.07) is 0. The molecule has 0 rings (SSSR count). The van der Waals surface area contributed by atoms with Gasteiger partial charge >= 0.3 is 1.43 Å². The molecule has 0 bridgehead atoms. The van der Waals surface area contributed by atoms with Crippen LogP contribution in [0.15, 0.2) is 0 Å². The summed E-state index contributed by atoms with van der Waals surface area (Å²) in [5, 5.41) is 13.5. The predicted octanol–water partition coefficient (Wildman–Crippen LogP) is -2.59. The van der Waals surface area contributed by atoms with Crippen molar-refractivity contribution in [2.45, 2.75) is 0 Å². The van der Waals surface area contributed by atoms with E-state index in [1.807, 2.05) is 0 Å². The molecule has 0 unspecified atom stereocenters. The van der Waals surface area contributed by atoms with E-state index in [0.717, 1.165) is 7.11 Å². The van der Waals surface area contributed by atoms with Gasteiger partial charge in [-0.15, -0.1) is 0 Å². The standard InChI is InChI=1S/CH4O.H3NO.2H2O/c2*1-2;;/h2H,1H3;2H,1H2;2*1H2/p+1. The van der Waals surface area contributed by atoms with E-state index in [9.17, 15) is 0 Å². The van der Waals surface area contributed by atoms with Crippen molar-refractivity contribution in [3.05, 3.63) is 0 Å². The van der Waals surface area contributed by atoms with Crippen molar-refractivity contribution in [1.29, 1.82) is 0 Å². The van der Waals surface area contributed by atoms with Crippen LogP contribution in [0, 0.1) is 0 Å². The second-order valence-corrected chi connectivity index (χ2v) is 0. The van der Waals surface area contributed by atoms with Gasteiger partial charge in [0.1, 0.15) is 0 Å². The molecule has 0 aliphatic heterocycles. The van der Waals surface area contributed by atoms with Crippen LogP contribution in [0.5, 0.6) is 0 Å². The lowest BCUT2D eigenvalue weighted by molar-refractivity contribution is 0.311. The smallest absolute Gasteiger partial charge is 0.412 e. The van der Waals surface area contributed by atoms with Crippen LogP contribution in [-0.4, -0.2) is 28.4 Å². The van der Waals surface area contributed by atoms with Crippen molar-refractivity contribution >= 4 is 0 Å². The van der Waals surface area contributed by atoms with E-state index in [4.69, 9.17) is 10.3 Å². The minimum Gasteiger partial charge on any atom is -0.412 e. The molecule has 0 aliphatic rings. The highest BCUT2D eigenvalue weighted by Crippen LogP contribution is 0.755. The van der Waals surface area contributed by atoms with E-state index in [0.29, 0.717) is 0 Å². The Morgan fingerprint density at radius 2 is 1.17 bits per heavy atom. The van der Waals surface area contributed by atoms with Gasteiger partial charge < -0.3 is 21.3 Å². The molecule has 44 valence electrons. The molecule has 0 radical (unpaired) electrons. The van der Waals surface area contributed by atoms with Gasteiger partial charge in [-0.2, -0.15) is 0 Å². The number of hydrogen-bond donors (Lipinski definition) is 3. The van der Waals surface area contributed by atoms with Crippen LogP contribution in [0.2, 0.25) is 0 Å². The van der Waals surface area contributed by atoms with Gasteiger partial charge in [0, 0.05) is 7.11 Å². The van der Waals surface area contributed by atoms with E-state index in [-0.39, 0.29) is 12.4 Å². The SMILES string of the molecule is CO.NO.O.O.[H+]. The highest BCUT2D eigenvalue weighted by Gasteiger charge is 0.839. The molecule has 0 aliphatic carbocycles. The fraction of sp³-hybridized carbons (Fsp3) is 1.00. The Labute approximate surface area is 37.1 Å². The second kappa shape index (κ2) is 1730. The fourth-order valence-corrected chi connectivity index (χ4v) is 0. The molecule has 6 heavy (non-hydrogen) atoms. The monoisotopic (exact) mass is 102 g/mol. The molecule has 0 heterocycles. The lowest BCUT2D eigenvalue weighted by Crippen LogP contribution is -1.72. The summed E-state index contributed by atoms with van der Waals surface area (Å²) < 4.78 is 0. The Morgan fingerprint density at radius 3 is 1.17 bits per heavy atom. The zero-order valence-corrected chi connectivity index (χ0v) is 3.47. The first-order valence-corrected chi connectivity index (χ1v) is 0.705. The van der Waals surface area contributed by atoms with E-state index in [2.05, 4.69) is 5.90 Å². The highest BCUT2D eigenvalue weighted by molar-refractivity contribution is 3.18. The summed E-state index contributed by atoms with van der Waals surface area (Å²) in [5.41, 5.74) is 0. The van der Waals surface area contributed by atoms with Crippen molar-refractivity contribution in [2.24, 2.45) is 5.90 Å². The number of aliphatic hydroxyl groups excluding tert-OH is 1. The summed E-state index contributed by atoms with van der Waals surface area (Å²) in [7, 11) is 1.00. The Kier molecular flexibility index (Phi) is 11900. The Hall–Kier alpha value is -0.200. The normalized spacial score (nSPS) is 2.00. The molecule has 0 saturated heterocycles. The maximum atomic E-state index is 7.00. The van der Waals surface area contributed by atoms with Crippen LogP contribution in [-0.2, 0) is 0 Å². The van der Waals surface area contributed by atoms with Gasteiger partial charge in [0.2, 0.25) is 0 Å². The maximum absolute atomic E-state index is 7.00. The van der Waals surface area contributed by atoms with Crippen LogP contribution < -0.4 is 5.90 Å². The number of aliphatic hydroxyl groups is 1. The number of rotatable bonds is 0. The molecular weight excluding hydrogens is 90.0 g/mol. The van der Waals surface area contributed by atoms with Crippen molar-refractivity contribution < 1.29 is 22.7 Å². The predicted molar refractivity (Wildman–Crippen MR) is 22.5 cm³/mol. The molecule has 0 aromatic carbocycles. The first kappa shape index (κ1) is 41.2. The zero-order chi connectivity index (χ0) is 4.00. The fourth-order valence-electron chi connectivity index (χ4n) is 0. The summed E-state index contributed by atoms with van der Waals surface area (Å²) >= 11 is 0. The highest BCUT2D eigenvalue weighted by atomic mass is 16.4. The molecule has 0 spiro atoms. The third kappa shape index (κ3) is 745. The van der Waals surface area contributed by atoms with Gasteiger partial charge in [-0.3, -0.25) is 0 Å². The van der Waals surface area contributed by atoms with Crippen LogP contribution in [0.1, 0.15) is 1.43 Å². The first-order chi connectivity index (χ1) is 2.00. The van der Waals surface area contributed by atoms with Gasteiger partial charge in [0.05, 0.1) is 0 Å². The van der Waals surface area contributed by atoms with Gasteiger partial charge in [-0.05, 0) is 0 Å². The average molecular weight is 102 g/mol. The molecule has 0 aromatic heterocycles. The average Bonchev–Trinajstić information content (AvgIpc) is 1.50. The molecule has 5 nitrogen and oxygen atoms in total. The van der Waals surface area contributed by atoms with Crippen LogP contribution >= 0.6 is 0 Å². The third-order valence-corrected chi connectivity index (χ3v) is 0. The lowest BCUT2D eigenvalue weighted by atomic mass is 11.8. The minimum absolute atomic E-state index is 0. The Bertz CT molecular complexity index is 11.7. The molecule has 0 amide bonds. The molecule has 8 N–H and O–H groups in total. The van der Waals surface area contributed by atoms with E-state index < -0.39 is 0 Å². The van der Waals surface area contributed by atoms with E-state index in [1.54, 1.807) is 0 Å². The molecule has 5 heteroatoms. The van der Waals surface area contributed by atoms with E-state index >= 15 is 0 Å². The van der Waals surface area contributed by atoms with E-state index in [1.165, 1.54) is 0 Å². The molecule has 0 saturated carbocycles. The van der Waals surface area contributed by atoms with Gasteiger partial charge in [0.15, 0.2) is 0 Å². The maximum Gasteiger partial charge on any atom is 1.00 e. The topological polar surface area (TPSA) is 129 Å². The van der Waals surface area contributed by atoms with Crippen LogP contribution in [0.3, 0.4) is 0 Å². The summed E-state index contributed by atoms with van der Waals surface area (Å²) in [4.78, 5) is 0. The van der Waals surface area contributed by atoms with Gasteiger partial charge in [-0.1, -0.05) is 0 Å². The summed E-state index contributed by atoms with van der Waals surface area (Å²) in [5.74, 6) is 3.50. The number of hydrogen-bond acceptors (Lipinski definition) is 3. The molecule has 0 atom stereocenters. The van der Waals surface area contributed by atoms with Crippen molar-refractivity contribution in [3.63, 3.8) is 0 Å². The second-order valence-electron chi connectivity index (χ2n) is 0. The molecule has 0 fully saturated rings. The van der Waals surface area contributed by atoms with Crippen molar-refractivity contribution in [3.8, 4) is 0 Å². The quantitative estimate of drug-likeness (QED) is 0.290. The zero-order valence-electron chi connectivity index (χ0n) is 4.47. The Balaban J connectivity index is -0.00000000267. The molecular formula is CH12NO4+. The summed E-state index contributed by atoms with van der Waals surface area (Å²) in [6.07, 6.45) is 0. The van der Waals surface area contributed by atoms with Gasteiger partial charge in [-0.25, -0.2) is 5.90 Å². The largest absolute Gasteiger partial charge is 1.00 e. The van der Waals surface area contributed by atoms with Crippen LogP contribution in [0.25, 0.3) is 0 Å². The Morgan fingerprint density at radius 1 is 1.17 bits per heavy atom. The number of nitrogens with two attached hydrogens (primary N) is 1. The summed E-state index contributed by atoms with van der Waals surface area (Å²) in [6.45, 7) is 0. The lowest BCUT2D eigenvalue weighted by Gasteiger charge is -1.27. The minimum atomic E-state index is 0. The van der Waals surface area contributed by atoms with Crippen molar-refractivity contribution in [1.82, 2.24) is 0 Å². The first-order valence-electron chi connectivity index (χ1n) is 0.705. The van der Waals surface area contributed by atoms with Crippen LogP contribution in [0.4, 0.5) is 0 Å². The van der Waals surface area contributed by atoms with Crippen molar-refractivity contribution in [2.75, 3.05) is 7.11 Å².